The van der Waals surface area contributed by atoms with E-state index in [2.05, 4.69) is 36.4 Å². The molecule has 5 N–H and O–H groups in total. The van der Waals surface area contributed by atoms with Crippen molar-refractivity contribution in [2.24, 2.45) is 28.6 Å². The summed E-state index contributed by atoms with van der Waals surface area (Å²) in [5.74, 6) is 2.85. The summed E-state index contributed by atoms with van der Waals surface area (Å²) in [5, 5.41) is 23.1. The van der Waals surface area contributed by atoms with Gasteiger partial charge in [-0.25, -0.2) is 4.98 Å². The molecule has 7 atom stereocenters. The van der Waals surface area contributed by atoms with Crippen LogP contribution in [-0.2, 0) is 0 Å². The zero-order chi connectivity index (χ0) is 23.1. The summed E-state index contributed by atoms with van der Waals surface area (Å²) >= 11 is 1.61. The number of nitrogens with two attached hydrogens (primary N) is 2. The van der Waals surface area contributed by atoms with Gasteiger partial charge in [-0.3, -0.25) is 0 Å². The molecule has 0 radical (unpaired) electrons. The first-order valence-corrected chi connectivity index (χ1v) is 13.4. The Morgan fingerprint density at radius 2 is 1.97 bits per heavy atom. The second-order valence-electron chi connectivity index (χ2n) is 11.6. The predicted octanol–water partition coefficient (Wildman–Crippen LogP) is 5.74. The Balaban J connectivity index is 1.38. The molecule has 4 aliphatic carbocycles. The first kappa shape index (κ1) is 21.4. The van der Waals surface area contributed by atoms with Gasteiger partial charge in [0.1, 0.15) is 22.3 Å². The number of nitrogens with zero attached hydrogens (tertiary/aromatic N) is 2. The summed E-state index contributed by atoms with van der Waals surface area (Å²) in [5.41, 5.74) is 16.7. The monoisotopic (exact) mass is 462 g/mol. The topological polar surface area (TPSA) is 109 Å². The van der Waals surface area contributed by atoms with E-state index >= 15 is 0 Å². The summed E-state index contributed by atoms with van der Waals surface area (Å²) in [6, 6.07) is 2.17. The van der Waals surface area contributed by atoms with Crippen molar-refractivity contribution in [2.75, 3.05) is 11.5 Å². The number of pyridine rings is 1. The van der Waals surface area contributed by atoms with E-state index in [-0.39, 0.29) is 22.8 Å². The van der Waals surface area contributed by atoms with Crippen LogP contribution >= 0.6 is 11.3 Å². The maximum atomic E-state index is 10.3. The van der Waals surface area contributed by atoms with Crippen molar-refractivity contribution in [1.29, 1.82) is 5.26 Å². The molecule has 1 unspecified atom stereocenters. The van der Waals surface area contributed by atoms with Gasteiger partial charge in [-0.15, -0.1) is 11.3 Å². The smallest absolute Gasteiger partial charge is 0.145 e. The third-order valence-corrected chi connectivity index (χ3v) is 11.3. The zero-order valence-corrected chi connectivity index (χ0v) is 20.4. The van der Waals surface area contributed by atoms with E-state index in [0.29, 0.717) is 23.1 Å². The third kappa shape index (κ3) is 2.82. The number of nitrogen functional groups attached to an aromatic ring is 2. The van der Waals surface area contributed by atoms with Crippen molar-refractivity contribution in [1.82, 2.24) is 4.98 Å². The van der Waals surface area contributed by atoms with Crippen LogP contribution in [0.4, 0.5) is 11.5 Å². The van der Waals surface area contributed by atoms with Crippen LogP contribution in [0.15, 0.2) is 17.0 Å². The molecule has 6 rings (SSSR count). The Hall–Kier alpha value is -2.10. The van der Waals surface area contributed by atoms with Gasteiger partial charge in [-0.05, 0) is 96.8 Å². The van der Waals surface area contributed by atoms with Gasteiger partial charge in [0.15, 0.2) is 0 Å². The molecule has 2 aromatic heterocycles. The Morgan fingerprint density at radius 1 is 1.15 bits per heavy atom. The number of nitriles is 1. The molecule has 0 bridgehead atoms. The normalized spacial score (nSPS) is 39.9. The number of rotatable bonds is 1. The minimum absolute atomic E-state index is 0.149. The molecular weight excluding hydrogens is 428 g/mol. The van der Waals surface area contributed by atoms with E-state index in [4.69, 9.17) is 11.5 Å². The molecule has 0 aromatic carbocycles. The van der Waals surface area contributed by atoms with E-state index in [1.165, 1.54) is 43.2 Å². The lowest BCUT2D eigenvalue weighted by molar-refractivity contribution is -0.0408. The minimum Gasteiger partial charge on any atom is -0.397 e. The van der Waals surface area contributed by atoms with E-state index in [1.807, 2.05) is 0 Å². The van der Waals surface area contributed by atoms with Crippen LogP contribution in [0.1, 0.15) is 82.3 Å². The second-order valence-corrected chi connectivity index (χ2v) is 12.5. The maximum absolute atomic E-state index is 10.3. The highest BCUT2D eigenvalue weighted by Crippen LogP contribution is 2.68. The number of allylic oxidation sites excluding steroid dienone is 1. The number of hydrogen-bond acceptors (Lipinski definition) is 6. The molecule has 0 spiro atoms. The molecule has 5 nitrogen and oxygen atoms in total. The van der Waals surface area contributed by atoms with Crippen LogP contribution < -0.4 is 11.5 Å². The predicted molar refractivity (Wildman–Crippen MR) is 134 cm³/mol. The van der Waals surface area contributed by atoms with E-state index in [0.717, 1.165) is 41.3 Å². The van der Waals surface area contributed by atoms with Crippen molar-refractivity contribution < 1.29 is 5.11 Å². The van der Waals surface area contributed by atoms with Crippen LogP contribution in [0.2, 0.25) is 0 Å². The van der Waals surface area contributed by atoms with Crippen molar-refractivity contribution in [2.45, 2.75) is 77.2 Å². The van der Waals surface area contributed by atoms with Crippen LogP contribution in [0.3, 0.4) is 0 Å². The summed E-state index contributed by atoms with van der Waals surface area (Å²) in [7, 11) is 0. The molecule has 2 aromatic rings. The van der Waals surface area contributed by atoms with E-state index in [1.54, 1.807) is 11.3 Å². The van der Waals surface area contributed by atoms with Gasteiger partial charge in [0, 0.05) is 5.39 Å². The first-order chi connectivity index (χ1) is 15.8. The number of aliphatic hydroxyl groups excluding tert-OH is 1. The summed E-state index contributed by atoms with van der Waals surface area (Å²) < 4.78 is 0. The SMILES string of the molecule is C[C@]12CC[C@H](O)CC1=CC[C@@H]1[C@@H]2CC[C@]2(C)C(c3csc4nc(N)c(C#N)c(N)c34)CC[C@@H]12. The molecule has 6 heteroatoms. The zero-order valence-electron chi connectivity index (χ0n) is 19.6. The van der Waals surface area contributed by atoms with Gasteiger partial charge in [-0.2, -0.15) is 5.26 Å². The standard InChI is InChI=1S/C27H34N4OS/c1-26-9-7-15(32)11-14(26)3-4-16-19-5-6-20(27(19,2)10-8-21(16)26)18-13-33-25-22(18)23(29)17(12-28)24(30)31-25/h3,13,15-16,19-21,32H,4-11H2,1-2H3,(H4,29,30,31)/t15-,16-,19-,20?,21-,26-,27-/m0/s1. The van der Waals surface area contributed by atoms with Gasteiger partial charge in [0.25, 0.3) is 0 Å². The Kier molecular flexibility index (Phi) is 4.68. The fraction of sp³-hybridized carbons (Fsp3) is 0.630. The minimum atomic E-state index is -0.149. The highest BCUT2D eigenvalue weighted by Gasteiger charge is 2.59. The Labute approximate surface area is 199 Å². The molecule has 174 valence electrons. The summed E-state index contributed by atoms with van der Waals surface area (Å²) in [6.45, 7) is 5.01. The summed E-state index contributed by atoms with van der Waals surface area (Å²) in [6.07, 6.45) is 11.4. The molecule has 33 heavy (non-hydrogen) atoms. The van der Waals surface area contributed by atoms with Gasteiger partial charge in [-0.1, -0.05) is 25.5 Å². The van der Waals surface area contributed by atoms with Crippen LogP contribution in [0, 0.1) is 39.9 Å². The van der Waals surface area contributed by atoms with Crippen molar-refractivity contribution in [3.63, 3.8) is 0 Å². The number of thiophene rings is 1. The number of aliphatic hydroxyl groups is 1. The number of anilines is 2. The largest absolute Gasteiger partial charge is 0.397 e. The molecule has 4 aliphatic rings. The van der Waals surface area contributed by atoms with Gasteiger partial charge < -0.3 is 16.6 Å². The van der Waals surface area contributed by atoms with E-state index in [9.17, 15) is 10.4 Å². The maximum Gasteiger partial charge on any atom is 0.145 e. The third-order valence-electron chi connectivity index (χ3n) is 10.4. The van der Waals surface area contributed by atoms with Crippen molar-refractivity contribution in [3.05, 3.63) is 28.2 Å². The average Bonchev–Trinajstić information content (AvgIpc) is 3.34. The van der Waals surface area contributed by atoms with Gasteiger partial charge in [0.2, 0.25) is 0 Å². The number of aromatic nitrogens is 1. The lowest BCUT2D eigenvalue weighted by Gasteiger charge is -2.58. The highest BCUT2D eigenvalue weighted by atomic mass is 32.1. The second kappa shape index (κ2) is 7.20. The Bertz CT molecular complexity index is 1210. The number of hydrogen-bond donors (Lipinski definition) is 3. The number of fused-ring (bicyclic) bond motifs is 6. The van der Waals surface area contributed by atoms with E-state index < -0.39 is 0 Å². The molecule has 2 heterocycles. The van der Waals surface area contributed by atoms with Crippen molar-refractivity contribution in [3.8, 4) is 6.07 Å². The van der Waals surface area contributed by atoms with Gasteiger partial charge in [0.05, 0.1) is 11.8 Å². The lowest BCUT2D eigenvalue weighted by atomic mass is 9.47. The highest BCUT2D eigenvalue weighted by molar-refractivity contribution is 7.17. The fourth-order valence-electron chi connectivity index (χ4n) is 8.67. The molecule has 0 amide bonds. The molecule has 3 saturated carbocycles. The van der Waals surface area contributed by atoms with Crippen LogP contribution in [-0.4, -0.2) is 16.2 Å². The molecule has 0 aliphatic heterocycles. The molecule has 3 fully saturated rings. The first-order valence-electron chi connectivity index (χ1n) is 12.5. The fourth-order valence-corrected chi connectivity index (χ4v) is 9.69. The summed E-state index contributed by atoms with van der Waals surface area (Å²) in [4.78, 5) is 5.38. The lowest BCUT2D eigenvalue weighted by Crippen LogP contribution is -2.50. The average molecular weight is 463 g/mol. The quantitative estimate of drug-likeness (QED) is 0.468. The van der Waals surface area contributed by atoms with Crippen LogP contribution in [0.5, 0.6) is 0 Å². The molecule has 0 saturated heterocycles. The molecular formula is C27H34N4OS. The Morgan fingerprint density at radius 3 is 2.76 bits per heavy atom. The van der Waals surface area contributed by atoms with Crippen LogP contribution in [0.25, 0.3) is 10.2 Å². The van der Waals surface area contributed by atoms with Gasteiger partial charge >= 0.3 is 0 Å². The van der Waals surface area contributed by atoms with Crippen molar-refractivity contribution >= 4 is 33.1 Å².